The number of aliphatic hydroxyl groups is 2. The van der Waals surface area contributed by atoms with Crippen LogP contribution in [-0.4, -0.2) is 44.5 Å². The Bertz CT molecular complexity index is 531. The minimum Gasteiger partial charge on any atom is -0.391 e. The van der Waals surface area contributed by atoms with Crippen LogP contribution in [0.4, 0.5) is 11.8 Å². The van der Waals surface area contributed by atoms with Crippen LogP contribution in [0.2, 0.25) is 5.02 Å². The van der Waals surface area contributed by atoms with Crippen molar-refractivity contribution in [2.24, 2.45) is 0 Å². The molecule has 0 aromatic carbocycles. The predicted molar refractivity (Wildman–Crippen MR) is 90.8 cm³/mol. The van der Waals surface area contributed by atoms with Crippen molar-refractivity contribution in [3.05, 3.63) is 11.2 Å². The van der Waals surface area contributed by atoms with Crippen molar-refractivity contribution < 1.29 is 10.2 Å². The number of nitrogens with zero attached hydrogens (tertiary/aromatic N) is 2. The van der Waals surface area contributed by atoms with E-state index in [2.05, 4.69) is 20.6 Å². The van der Waals surface area contributed by atoms with Gasteiger partial charge in [-0.15, -0.1) is 0 Å². The molecule has 1 aromatic heterocycles. The molecule has 23 heavy (non-hydrogen) atoms. The normalized spacial score (nSPS) is 31.6. The maximum Gasteiger partial charge on any atom is 0.225 e. The van der Waals surface area contributed by atoms with Crippen molar-refractivity contribution >= 4 is 23.4 Å². The van der Waals surface area contributed by atoms with Gasteiger partial charge in [0.15, 0.2) is 5.82 Å². The maximum absolute atomic E-state index is 10.1. The summed E-state index contributed by atoms with van der Waals surface area (Å²) in [6.45, 7) is 0. The molecule has 2 fully saturated rings. The third-order valence-electron chi connectivity index (χ3n) is 4.84. The van der Waals surface area contributed by atoms with Gasteiger partial charge in [0.25, 0.3) is 0 Å². The Labute approximate surface area is 141 Å². The van der Waals surface area contributed by atoms with Gasteiger partial charge in [-0.1, -0.05) is 37.3 Å². The van der Waals surface area contributed by atoms with Crippen LogP contribution in [0.3, 0.4) is 0 Å². The number of hydrogen-bond donors (Lipinski definition) is 4. The first kappa shape index (κ1) is 16.7. The van der Waals surface area contributed by atoms with E-state index in [-0.39, 0.29) is 24.3 Å². The number of halogens is 1. The average molecular weight is 341 g/mol. The van der Waals surface area contributed by atoms with Crippen molar-refractivity contribution in [3.8, 4) is 0 Å². The van der Waals surface area contributed by atoms with Gasteiger partial charge < -0.3 is 20.8 Å². The Morgan fingerprint density at radius 2 is 1.48 bits per heavy atom. The van der Waals surface area contributed by atoms with Gasteiger partial charge in [0, 0.05) is 0 Å². The van der Waals surface area contributed by atoms with Gasteiger partial charge in [-0.05, 0) is 25.7 Å². The first-order valence-corrected chi connectivity index (χ1v) is 8.93. The summed E-state index contributed by atoms with van der Waals surface area (Å²) in [5, 5.41) is 27.1. The maximum atomic E-state index is 10.1. The number of rotatable bonds is 4. The monoisotopic (exact) mass is 340 g/mol. The zero-order valence-corrected chi connectivity index (χ0v) is 14.0. The Morgan fingerprint density at radius 1 is 0.913 bits per heavy atom. The second-order valence-electron chi connectivity index (χ2n) is 6.60. The molecule has 3 rings (SSSR count). The van der Waals surface area contributed by atoms with Crippen molar-refractivity contribution in [1.82, 2.24) is 9.97 Å². The molecule has 0 aliphatic heterocycles. The number of hydrogen-bond acceptors (Lipinski definition) is 6. The molecule has 128 valence electrons. The van der Waals surface area contributed by atoms with Gasteiger partial charge in [-0.2, -0.15) is 4.98 Å². The first-order valence-electron chi connectivity index (χ1n) is 8.55. The summed E-state index contributed by atoms with van der Waals surface area (Å²) >= 11 is 6.19. The highest BCUT2D eigenvalue weighted by Crippen LogP contribution is 2.27. The summed E-state index contributed by atoms with van der Waals surface area (Å²) in [5.74, 6) is 1.01. The lowest BCUT2D eigenvalue weighted by Gasteiger charge is -2.30. The van der Waals surface area contributed by atoms with Gasteiger partial charge in [0.1, 0.15) is 5.02 Å². The zero-order chi connectivity index (χ0) is 16.2. The highest BCUT2D eigenvalue weighted by atomic mass is 35.5. The van der Waals surface area contributed by atoms with Crippen molar-refractivity contribution in [2.75, 3.05) is 10.6 Å². The topological polar surface area (TPSA) is 90.3 Å². The van der Waals surface area contributed by atoms with Crippen LogP contribution in [0.15, 0.2) is 6.20 Å². The molecule has 0 spiro atoms. The minimum absolute atomic E-state index is 0.0157. The predicted octanol–water partition coefficient (Wildman–Crippen LogP) is 2.56. The highest BCUT2D eigenvalue weighted by Gasteiger charge is 2.26. The fourth-order valence-electron chi connectivity index (χ4n) is 3.44. The summed E-state index contributed by atoms with van der Waals surface area (Å²) in [6, 6.07) is -0.0395. The quantitative estimate of drug-likeness (QED) is 0.673. The van der Waals surface area contributed by atoms with Gasteiger partial charge in [0.05, 0.1) is 30.5 Å². The molecule has 0 amide bonds. The van der Waals surface area contributed by atoms with Crippen molar-refractivity contribution in [3.63, 3.8) is 0 Å². The van der Waals surface area contributed by atoms with Gasteiger partial charge in [-0.3, -0.25) is 0 Å². The lowest BCUT2D eigenvalue weighted by molar-refractivity contribution is 0.116. The Hall–Kier alpha value is -1.11. The van der Waals surface area contributed by atoms with Crippen molar-refractivity contribution in [2.45, 2.75) is 75.7 Å². The van der Waals surface area contributed by atoms with Crippen LogP contribution >= 0.6 is 11.6 Å². The summed E-state index contributed by atoms with van der Waals surface area (Å²) in [7, 11) is 0. The van der Waals surface area contributed by atoms with E-state index in [0.717, 1.165) is 51.4 Å². The fourth-order valence-corrected chi connectivity index (χ4v) is 3.58. The van der Waals surface area contributed by atoms with Gasteiger partial charge in [0.2, 0.25) is 5.95 Å². The van der Waals surface area contributed by atoms with Crippen molar-refractivity contribution in [1.29, 1.82) is 0 Å². The van der Waals surface area contributed by atoms with Crippen LogP contribution in [0, 0.1) is 0 Å². The molecule has 2 saturated carbocycles. The van der Waals surface area contributed by atoms with Crippen LogP contribution in [0.1, 0.15) is 51.4 Å². The fraction of sp³-hybridized carbons (Fsp3) is 0.750. The summed E-state index contributed by atoms with van der Waals surface area (Å²) in [6.07, 6.45) is 8.58. The van der Waals surface area contributed by atoms with E-state index in [1.165, 1.54) is 0 Å². The van der Waals surface area contributed by atoms with Gasteiger partial charge >= 0.3 is 0 Å². The molecule has 7 heteroatoms. The number of aromatic nitrogens is 2. The third-order valence-corrected chi connectivity index (χ3v) is 5.12. The SMILES string of the molecule is OC1CCCCC1Nc1ncc(Cl)c(NC2CCCCC2O)n1. The first-order chi connectivity index (χ1) is 11.1. The Balaban J connectivity index is 1.68. The zero-order valence-electron chi connectivity index (χ0n) is 13.2. The molecule has 0 saturated heterocycles. The number of anilines is 2. The van der Waals surface area contributed by atoms with Crippen LogP contribution in [0.25, 0.3) is 0 Å². The molecule has 2 aliphatic carbocycles. The van der Waals surface area contributed by atoms with E-state index in [1.54, 1.807) is 6.20 Å². The molecule has 6 nitrogen and oxygen atoms in total. The van der Waals surface area contributed by atoms with E-state index in [0.29, 0.717) is 16.8 Å². The molecular formula is C16H25ClN4O2. The Morgan fingerprint density at radius 3 is 2.09 bits per heavy atom. The third kappa shape index (κ3) is 4.25. The molecule has 2 aliphatic rings. The lowest BCUT2D eigenvalue weighted by atomic mass is 9.92. The summed E-state index contributed by atoms with van der Waals surface area (Å²) < 4.78 is 0. The second kappa shape index (κ2) is 7.64. The number of nitrogens with one attached hydrogen (secondary N) is 2. The summed E-state index contributed by atoms with van der Waals surface area (Å²) in [4.78, 5) is 8.65. The van der Waals surface area contributed by atoms with E-state index in [4.69, 9.17) is 11.6 Å². The molecule has 4 N–H and O–H groups in total. The van der Waals surface area contributed by atoms with E-state index < -0.39 is 0 Å². The van der Waals surface area contributed by atoms with E-state index >= 15 is 0 Å². The van der Waals surface area contributed by atoms with Crippen LogP contribution < -0.4 is 10.6 Å². The van der Waals surface area contributed by atoms with Crippen LogP contribution in [0.5, 0.6) is 0 Å². The molecule has 1 heterocycles. The van der Waals surface area contributed by atoms with Gasteiger partial charge in [-0.25, -0.2) is 4.98 Å². The number of aliphatic hydroxyl groups excluding tert-OH is 2. The smallest absolute Gasteiger partial charge is 0.225 e. The largest absolute Gasteiger partial charge is 0.391 e. The van der Waals surface area contributed by atoms with E-state index in [1.807, 2.05) is 0 Å². The molecular weight excluding hydrogens is 316 g/mol. The Kier molecular flexibility index (Phi) is 5.56. The molecule has 0 bridgehead atoms. The highest BCUT2D eigenvalue weighted by molar-refractivity contribution is 6.32. The minimum atomic E-state index is -0.369. The standard InChI is InChI=1S/C16H25ClN4O2/c17-10-9-18-16(20-12-6-2-4-8-14(12)23)21-15(10)19-11-5-1-3-7-13(11)22/h9,11-14,22-23H,1-8H2,(H2,18,19,20,21). The molecule has 1 aromatic rings. The summed E-state index contributed by atoms with van der Waals surface area (Å²) in [5.41, 5.74) is 0. The molecule has 4 unspecified atom stereocenters. The lowest BCUT2D eigenvalue weighted by Crippen LogP contribution is -2.38. The van der Waals surface area contributed by atoms with Crippen LogP contribution in [-0.2, 0) is 0 Å². The molecule has 4 atom stereocenters. The average Bonchev–Trinajstić information content (AvgIpc) is 2.55. The van der Waals surface area contributed by atoms with E-state index in [9.17, 15) is 10.2 Å². The second-order valence-corrected chi connectivity index (χ2v) is 7.00. The molecule has 0 radical (unpaired) electrons.